The molecule has 2 aromatic rings. The van der Waals surface area contributed by atoms with Crippen molar-refractivity contribution in [3.8, 4) is 0 Å². The highest BCUT2D eigenvalue weighted by molar-refractivity contribution is 7.89. The van der Waals surface area contributed by atoms with Gasteiger partial charge in [0, 0.05) is 6.54 Å². The number of esters is 1. The number of nitrogens with zero attached hydrogens (tertiary/aromatic N) is 1. The minimum Gasteiger partial charge on any atom is -0.467 e. The third kappa shape index (κ3) is 4.95. The van der Waals surface area contributed by atoms with Crippen LogP contribution < -0.4 is 5.32 Å². The molecule has 0 aromatic heterocycles. The summed E-state index contributed by atoms with van der Waals surface area (Å²) >= 11 is 0. The van der Waals surface area contributed by atoms with Crippen LogP contribution in [-0.4, -0.2) is 55.4 Å². The van der Waals surface area contributed by atoms with Gasteiger partial charge in [0.1, 0.15) is 12.1 Å². The Morgan fingerprint density at radius 1 is 1.13 bits per heavy atom. The van der Waals surface area contributed by atoms with Crippen molar-refractivity contribution in [1.29, 1.82) is 0 Å². The van der Waals surface area contributed by atoms with E-state index in [1.807, 2.05) is 6.92 Å². The molecular weight excluding hydrogens is 420 g/mol. The fraction of sp³-hybridized carbons (Fsp3) is 0.364. The zero-order chi connectivity index (χ0) is 22.6. The van der Waals surface area contributed by atoms with E-state index in [1.165, 1.54) is 12.1 Å². The second-order valence-corrected chi connectivity index (χ2v) is 9.34. The van der Waals surface area contributed by atoms with Gasteiger partial charge in [-0.1, -0.05) is 48.0 Å². The number of benzene rings is 2. The van der Waals surface area contributed by atoms with Crippen molar-refractivity contribution in [2.45, 2.75) is 42.8 Å². The molecule has 0 aliphatic carbocycles. The number of methoxy groups -OCH3 is 1. The number of rotatable bonds is 7. The highest BCUT2D eigenvalue weighted by Crippen LogP contribution is 2.27. The normalized spacial score (nSPS) is 18.9. The van der Waals surface area contributed by atoms with E-state index in [2.05, 4.69) is 5.32 Å². The number of carbonyl (C=O) groups excluding carboxylic acids is 2. The number of ether oxygens (including phenoxy) is 1. The number of aryl methyl sites for hydroxylation is 1. The van der Waals surface area contributed by atoms with Gasteiger partial charge in [-0.05, 0) is 37.5 Å². The summed E-state index contributed by atoms with van der Waals surface area (Å²) in [4.78, 5) is 25.4. The van der Waals surface area contributed by atoms with Crippen LogP contribution in [0, 0.1) is 6.92 Å². The monoisotopic (exact) mass is 446 g/mol. The molecule has 31 heavy (non-hydrogen) atoms. The second kappa shape index (κ2) is 9.59. The minimum atomic E-state index is -3.89. The van der Waals surface area contributed by atoms with Crippen LogP contribution in [-0.2, 0) is 24.3 Å². The van der Waals surface area contributed by atoms with Crippen molar-refractivity contribution < 1.29 is 27.9 Å². The number of aliphatic hydroxyl groups excluding tert-OH is 1. The SMILES string of the molecule is COC(=O)C(NC(=O)[C@@H]1CCCN1S(=O)(=O)c1ccc(C)cc1)C(O)c1ccccc1. The molecule has 1 saturated heterocycles. The molecule has 9 heteroatoms. The Hall–Kier alpha value is -2.75. The lowest BCUT2D eigenvalue weighted by Gasteiger charge is -2.27. The van der Waals surface area contributed by atoms with E-state index in [-0.39, 0.29) is 11.4 Å². The van der Waals surface area contributed by atoms with Gasteiger partial charge in [-0.3, -0.25) is 4.79 Å². The number of aliphatic hydroxyl groups is 1. The van der Waals surface area contributed by atoms with E-state index in [1.54, 1.807) is 42.5 Å². The summed E-state index contributed by atoms with van der Waals surface area (Å²) < 4.78 is 32.1. The molecular formula is C22H26N2O6S. The van der Waals surface area contributed by atoms with Crippen molar-refractivity contribution in [2.75, 3.05) is 13.7 Å². The first kappa shape index (κ1) is 22.9. The molecule has 1 amide bonds. The number of sulfonamides is 1. The van der Waals surface area contributed by atoms with E-state index < -0.39 is 40.1 Å². The Kier molecular flexibility index (Phi) is 7.09. The highest BCUT2D eigenvalue weighted by Gasteiger charge is 2.41. The van der Waals surface area contributed by atoms with Gasteiger partial charge in [0.25, 0.3) is 0 Å². The van der Waals surface area contributed by atoms with E-state index in [0.717, 1.165) is 17.0 Å². The third-order valence-electron chi connectivity index (χ3n) is 5.34. The lowest BCUT2D eigenvalue weighted by Crippen LogP contribution is -2.52. The van der Waals surface area contributed by atoms with Crippen molar-refractivity contribution in [2.24, 2.45) is 0 Å². The third-order valence-corrected chi connectivity index (χ3v) is 7.27. The number of carbonyl (C=O) groups is 2. The van der Waals surface area contributed by atoms with Crippen LogP contribution in [0.1, 0.15) is 30.1 Å². The van der Waals surface area contributed by atoms with E-state index >= 15 is 0 Å². The summed E-state index contributed by atoms with van der Waals surface area (Å²) in [5, 5.41) is 13.2. The van der Waals surface area contributed by atoms with Crippen molar-refractivity contribution >= 4 is 21.9 Å². The Morgan fingerprint density at radius 2 is 1.77 bits per heavy atom. The van der Waals surface area contributed by atoms with Crippen LogP contribution in [0.4, 0.5) is 0 Å². The average Bonchev–Trinajstić information content (AvgIpc) is 3.28. The largest absolute Gasteiger partial charge is 0.467 e. The molecule has 1 aliphatic heterocycles. The Bertz CT molecular complexity index is 1020. The maximum atomic E-state index is 13.1. The lowest BCUT2D eigenvalue weighted by atomic mass is 10.0. The number of nitrogens with one attached hydrogen (secondary N) is 1. The summed E-state index contributed by atoms with van der Waals surface area (Å²) in [6, 6.07) is 12.4. The van der Waals surface area contributed by atoms with Crippen molar-refractivity contribution in [1.82, 2.24) is 9.62 Å². The van der Waals surface area contributed by atoms with Gasteiger partial charge >= 0.3 is 5.97 Å². The Morgan fingerprint density at radius 3 is 2.39 bits per heavy atom. The van der Waals surface area contributed by atoms with Crippen LogP contribution in [0.2, 0.25) is 0 Å². The predicted molar refractivity (Wildman–Crippen MR) is 113 cm³/mol. The van der Waals surface area contributed by atoms with E-state index in [4.69, 9.17) is 4.74 Å². The summed E-state index contributed by atoms with van der Waals surface area (Å²) in [5.41, 5.74) is 1.35. The summed E-state index contributed by atoms with van der Waals surface area (Å²) in [7, 11) is -2.73. The zero-order valence-electron chi connectivity index (χ0n) is 17.4. The number of hydrogen-bond donors (Lipinski definition) is 2. The van der Waals surface area contributed by atoms with E-state index in [9.17, 15) is 23.1 Å². The van der Waals surface area contributed by atoms with Crippen molar-refractivity contribution in [3.05, 3.63) is 65.7 Å². The molecule has 8 nitrogen and oxygen atoms in total. The predicted octanol–water partition coefficient (Wildman–Crippen LogP) is 1.54. The molecule has 0 radical (unpaired) electrons. The maximum Gasteiger partial charge on any atom is 0.331 e. The summed E-state index contributed by atoms with van der Waals surface area (Å²) in [5.74, 6) is -1.48. The van der Waals surface area contributed by atoms with Crippen molar-refractivity contribution in [3.63, 3.8) is 0 Å². The van der Waals surface area contributed by atoms with Crippen LogP contribution >= 0.6 is 0 Å². The molecule has 3 atom stereocenters. The molecule has 166 valence electrons. The zero-order valence-corrected chi connectivity index (χ0v) is 18.2. The first-order chi connectivity index (χ1) is 14.8. The molecule has 2 N–H and O–H groups in total. The first-order valence-electron chi connectivity index (χ1n) is 9.95. The average molecular weight is 447 g/mol. The molecule has 3 rings (SSSR count). The quantitative estimate of drug-likeness (QED) is 0.624. The van der Waals surface area contributed by atoms with Gasteiger partial charge in [-0.25, -0.2) is 13.2 Å². The Labute approximate surface area is 181 Å². The second-order valence-electron chi connectivity index (χ2n) is 7.45. The number of hydrogen-bond acceptors (Lipinski definition) is 6. The maximum absolute atomic E-state index is 13.1. The molecule has 1 heterocycles. The molecule has 2 unspecified atom stereocenters. The minimum absolute atomic E-state index is 0.103. The van der Waals surface area contributed by atoms with Crippen LogP contribution in [0.25, 0.3) is 0 Å². The van der Waals surface area contributed by atoms with Gasteiger partial charge in [0.15, 0.2) is 6.04 Å². The highest BCUT2D eigenvalue weighted by atomic mass is 32.2. The molecule has 2 aromatic carbocycles. The van der Waals surface area contributed by atoms with Gasteiger partial charge in [0.05, 0.1) is 12.0 Å². The topological polar surface area (TPSA) is 113 Å². The van der Waals surface area contributed by atoms with Crippen LogP contribution in [0.5, 0.6) is 0 Å². The van der Waals surface area contributed by atoms with Gasteiger partial charge < -0.3 is 15.2 Å². The summed E-state index contributed by atoms with van der Waals surface area (Å²) in [6.45, 7) is 2.05. The fourth-order valence-electron chi connectivity index (χ4n) is 3.62. The molecule has 1 fully saturated rings. The van der Waals surface area contributed by atoms with Gasteiger partial charge in [-0.2, -0.15) is 4.31 Å². The standard InChI is InChI=1S/C22H26N2O6S/c1-15-10-12-17(13-11-15)31(28,29)24-14-6-9-18(24)21(26)23-19(22(27)30-2)20(25)16-7-4-3-5-8-16/h3-5,7-8,10-13,18-20,25H,6,9,14H2,1-2H3,(H,23,26)/t18-,19?,20?/m0/s1. The van der Waals surface area contributed by atoms with Crippen LogP contribution in [0.15, 0.2) is 59.5 Å². The fourth-order valence-corrected chi connectivity index (χ4v) is 5.28. The first-order valence-corrected chi connectivity index (χ1v) is 11.4. The van der Waals surface area contributed by atoms with Gasteiger partial charge in [-0.15, -0.1) is 0 Å². The molecule has 0 bridgehead atoms. The summed E-state index contributed by atoms with van der Waals surface area (Å²) in [6.07, 6.45) is -0.527. The van der Waals surface area contributed by atoms with Gasteiger partial charge in [0.2, 0.25) is 15.9 Å². The van der Waals surface area contributed by atoms with Crippen LogP contribution in [0.3, 0.4) is 0 Å². The smallest absolute Gasteiger partial charge is 0.331 e. The molecule has 0 spiro atoms. The lowest BCUT2D eigenvalue weighted by molar-refractivity contribution is -0.149. The molecule has 0 saturated carbocycles. The molecule has 1 aliphatic rings. The van der Waals surface area contributed by atoms with E-state index in [0.29, 0.717) is 18.4 Å². The number of amides is 1. The Balaban J connectivity index is 1.82.